The van der Waals surface area contributed by atoms with Crippen molar-refractivity contribution in [1.82, 2.24) is 0 Å². The van der Waals surface area contributed by atoms with E-state index in [0.717, 1.165) is 0 Å². The van der Waals surface area contributed by atoms with Gasteiger partial charge in [0, 0.05) is 13.2 Å². The Balaban J connectivity index is 2.72. The normalized spacial score (nSPS) is 14.1. The molecule has 0 fully saturated rings. The van der Waals surface area contributed by atoms with E-state index in [1.807, 2.05) is 13.8 Å². The van der Waals surface area contributed by atoms with Crippen LogP contribution in [0.1, 0.15) is 33.3 Å². The summed E-state index contributed by atoms with van der Waals surface area (Å²) >= 11 is 0. The predicted molar refractivity (Wildman–Crippen MR) is 74.0 cm³/mol. The molecule has 0 radical (unpaired) electrons. The van der Waals surface area contributed by atoms with E-state index in [9.17, 15) is 4.39 Å². The minimum absolute atomic E-state index is 0.0853. The first-order valence-electron chi connectivity index (χ1n) is 6.87. The minimum Gasteiger partial charge on any atom is -0.465 e. The lowest BCUT2D eigenvalue weighted by Crippen LogP contribution is -2.18. The number of hydrogen-bond donors (Lipinski definition) is 0. The Bertz CT molecular complexity index is 397. The second-order valence-electron chi connectivity index (χ2n) is 4.19. The summed E-state index contributed by atoms with van der Waals surface area (Å²) in [6.45, 7) is 8.45. The number of hydrogen-bond acceptors (Lipinski definition) is 4. The highest BCUT2D eigenvalue weighted by molar-refractivity contribution is 5.34. The van der Waals surface area contributed by atoms with Crippen molar-refractivity contribution >= 4 is 0 Å². The quantitative estimate of drug-likeness (QED) is 0.651. The van der Waals surface area contributed by atoms with Gasteiger partial charge in [0.1, 0.15) is 11.6 Å². The molecule has 0 aliphatic heterocycles. The number of benzene rings is 1. The summed E-state index contributed by atoms with van der Waals surface area (Å²) in [5, 5.41) is 0. The van der Waals surface area contributed by atoms with E-state index in [0.29, 0.717) is 24.5 Å². The van der Waals surface area contributed by atoms with Crippen LogP contribution in [-0.4, -0.2) is 25.8 Å². The van der Waals surface area contributed by atoms with Crippen molar-refractivity contribution in [3.05, 3.63) is 29.6 Å². The smallest absolute Gasteiger partial charge is 0.196 e. The molecule has 1 rings (SSSR count). The fourth-order valence-corrected chi connectivity index (χ4v) is 1.72. The molecule has 0 bridgehead atoms. The van der Waals surface area contributed by atoms with Crippen molar-refractivity contribution in [2.75, 3.05) is 13.2 Å². The molecule has 0 aromatic heterocycles. The maximum absolute atomic E-state index is 13.9. The van der Waals surface area contributed by atoms with Gasteiger partial charge in [-0.05, 0) is 39.8 Å². The Hall–Kier alpha value is -1.17. The molecule has 114 valence electrons. The predicted octanol–water partition coefficient (Wildman–Crippen LogP) is 3.49. The zero-order valence-electron chi connectivity index (χ0n) is 12.5. The average Bonchev–Trinajstić information content (AvgIpc) is 2.38. The maximum atomic E-state index is 13.9. The molecular weight excluding hydrogens is 263 g/mol. The van der Waals surface area contributed by atoms with Gasteiger partial charge in [-0.1, -0.05) is 6.07 Å². The fourth-order valence-electron chi connectivity index (χ4n) is 1.72. The Morgan fingerprint density at radius 1 is 1.00 bits per heavy atom. The Morgan fingerprint density at radius 2 is 1.65 bits per heavy atom. The molecule has 5 heteroatoms. The molecule has 2 atom stereocenters. The van der Waals surface area contributed by atoms with E-state index in [1.54, 1.807) is 26.0 Å². The van der Waals surface area contributed by atoms with E-state index in [1.165, 1.54) is 6.07 Å². The molecule has 20 heavy (non-hydrogen) atoms. The zero-order chi connectivity index (χ0) is 15.0. The molecule has 0 N–H and O–H groups in total. The van der Waals surface area contributed by atoms with E-state index in [4.69, 9.17) is 18.9 Å². The molecule has 2 unspecified atom stereocenters. The minimum atomic E-state index is -0.440. The lowest BCUT2D eigenvalue weighted by molar-refractivity contribution is -0.135. The summed E-state index contributed by atoms with van der Waals surface area (Å²) < 4.78 is 35.5. The summed E-state index contributed by atoms with van der Waals surface area (Å²) in [5.41, 5.74) is 0.366. The van der Waals surface area contributed by atoms with Crippen LogP contribution in [0, 0.1) is 5.82 Å². The monoisotopic (exact) mass is 286 g/mol. The first-order chi connectivity index (χ1) is 9.58. The van der Waals surface area contributed by atoms with Crippen LogP contribution >= 0.6 is 0 Å². The standard InChI is InChI=1S/C15H23FO4/c1-5-17-11(3)19-10-13-14(16)8-7-9-15(13)20-12(4)18-6-2/h7-9,11-12H,5-6,10H2,1-4H3. The van der Waals surface area contributed by atoms with Gasteiger partial charge in [-0.2, -0.15) is 0 Å². The van der Waals surface area contributed by atoms with Crippen LogP contribution in [0.2, 0.25) is 0 Å². The molecule has 0 amide bonds. The van der Waals surface area contributed by atoms with Crippen LogP contribution < -0.4 is 4.74 Å². The Labute approximate surface area is 119 Å². The molecular formula is C15H23FO4. The largest absolute Gasteiger partial charge is 0.465 e. The highest BCUT2D eigenvalue weighted by Gasteiger charge is 2.14. The molecule has 4 nitrogen and oxygen atoms in total. The summed E-state index contributed by atoms with van der Waals surface area (Å²) in [6.07, 6.45) is -0.832. The van der Waals surface area contributed by atoms with E-state index in [-0.39, 0.29) is 12.4 Å². The highest BCUT2D eigenvalue weighted by Crippen LogP contribution is 2.24. The molecule has 0 spiro atoms. The SMILES string of the molecule is CCOC(C)OCc1c(F)cccc1OC(C)OCC. The second kappa shape index (κ2) is 8.89. The van der Waals surface area contributed by atoms with Gasteiger partial charge in [0.15, 0.2) is 12.6 Å². The number of rotatable bonds is 9. The van der Waals surface area contributed by atoms with Gasteiger partial charge < -0.3 is 18.9 Å². The van der Waals surface area contributed by atoms with Gasteiger partial charge in [-0.3, -0.25) is 0 Å². The second-order valence-corrected chi connectivity index (χ2v) is 4.19. The molecule has 0 saturated carbocycles. The zero-order valence-corrected chi connectivity index (χ0v) is 12.5. The average molecular weight is 286 g/mol. The third kappa shape index (κ3) is 5.45. The topological polar surface area (TPSA) is 36.9 Å². The first kappa shape index (κ1) is 16.9. The summed E-state index contributed by atoms with van der Waals surface area (Å²) in [7, 11) is 0. The number of ether oxygens (including phenoxy) is 4. The third-order valence-electron chi connectivity index (χ3n) is 2.63. The molecule has 0 aliphatic carbocycles. The maximum Gasteiger partial charge on any atom is 0.196 e. The molecule has 0 heterocycles. The summed E-state index contributed by atoms with van der Waals surface area (Å²) in [4.78, 5) is 0. The Morgan fingerprint density at radius 3 is 2.30 bits per heavy atom. The van der Waals surface area contributed by atoms with E-state index >= 15 is 0 Å². The van der Waals surface area contributed by atoms with Gasteiger partial charge in [0.2, 0.25) is 0 Å². The van der Waals surface area contributed by atoms with Crippen molar-refractivity contribution in [1.29, 1.82) is 0 Å². The Kier molecular flexibility index (Phi) is 7.51. The van der Waals surface area contributed by atoms with Crippen molar-refractivity contribution in [3.8, 4) is 5.75 Å². The number of halogens is 1. The van der Waals surface area contributed by atoms with Crippen molar-refractivity contribution in [2.24, 2.45) is 0 Å². The fraction of sp³-hybridized carbons (Fsp3) is 0.600. The highest BCUT2D eigenvalue weighted by atomic mass is 19.1. The van der Waals surface area contributed by atoms with Crippen LogP contribution in [0.5, 0.6) is 5.75 Å². The van der Waals surface area contributed by atoms with Crippen molar-refractivity contribution < 1.29 is 23.3 Å². The van der Waals surface area contributed by atoms with Crippen molar-refractivity contribution in [3.63, 3.8) is 0 Å². The van der Waals surface area contributed by atoms with Crippen LogP contribution in [0.15, 0.2) is 18.2 Å². The summed E-state index contributed by atoms with van der Waals surface area (Å²) in [6, 6.07) is 4.67. The summed E-state index contributed by atoms with van der Waals surface area (Å²) in [5.74, 6) is 0.0598. The van der Waals surface area contributed by atoms with Gasteiger partial charge in [0.25, 0.3) is 0 Å². The van der Waals surface area contributed by atoms with Gasteiger partial charge in [0.05, 0.1) is 12.2 Å². The third-order valence-corrected chi connectivity index (χ3v) is 2.63. The van der Waals surface area contributed by atoms with Gasteiger partial charge in [-0.15, -0.1) is 0 Å². The molecule has 0 saturated heterocycles. The van der Waals surface area contributed by atoms with E-state index in [2.05, 4.69) is 0 Å². The van der Waals surface area contributed by atoms with Crippen LogP contribution in [0.4, 0.5) is 4.39 Å². The lowest BCUT2D eigenvalue weighted by atomic mass is 10.2. The first-order valence-corrected chi connectivity index (χ1v) is 6.87. The van der Waals surface area contributed by atoms with Gasteiger partial charge in [-0.25, -0.2) is 4.39 Å². The van der Waals surface area contributed by atoms with Crippen LogP contribution in [0.3, 0.4) is 0 Å². The lowest BCUT2D eigenvalue weighted by Gasteiger charge is -2.19. The van der Waals surface area contributed by atoms with Crippen molar-refractivity contribution in [2.45, 2.75) is 46.9 Å². The van der Waals surface area contributed by atoms with Gasteiger partial charge >= 0.3 is 0 Å². The van der Waals surface area contributed by atoms with Crippen LogP contribution in [-0.2, 0) is 20.8 Å². The molecule has 1 aromatic rings. The molecule has 0 aliphatic rings. The molecule has 1 aromatic carbocycles. The van der Waals surface area contributed by atoms with Crippen LogP contribution in [0.25, 0.3) is 0 Å². The van der Waals surface area contributed by atoms with E-state index < -0.39 is 12.6 Å².